The van der Waals surface area contributed by atoms with Gasteiger partial charge in [-0.05, 0) is 0 Å². The van der Waals surface area contributed by atoms with Crippen molar-refractivity contribution < 1.29 is 38.1 Å². The molecule has 0 N–H and O–H groups in total. The van der Waals surface area contributed by atoms with E-state index in [1.165, 1.54) is 32.9 Å². The first-order valence-electron chi connectivity index (χ1n) is 8.73. The van der Waals surface area contributed by atoms with Gasteiger partial charge in [0.2, 0.25) is 5.78 Å². The lowest BCUT2D eigenvalue weighted by molar-refractivity contribution is -0.158. The molecule has 150 valence electrons. The average Bonchev–Trinajstić information content (AvgIpc) is 2.63. The standard InChI is InChI=1S/C21H18O8/c1-11(22)26-15-9-16(27-12(2)23)18-17(10-15)29-20(14-7-5-4-6-8-14)19(25)21(18)28-13(3)24/h4-10,20-21H,1-3H3. The molecule has 1 heterocycles. The van der Waals surface area contributed by atoms with Crippen LogP contribution in [0, 0.1) is 0 Å². The molecule has 0 aliphatic carbocycles. The fraction of sp³-hybridized carbons (Fsp3) is 0.238. The number of carbonyl (C=O) groups excluding carboxylic acids is 4. The summed E-state index contributed by atoms with van der Waals surface area (Å²) in [5, 5.41) is 0. The molecule has 0 saturated carbocycles. The van der Waals surface area contributed by atoms with Crippen LogP contribution in [0.5, 0.6) is 17.2 Å². The summed E-state index contributed by atoms with van der Waals surface area (Å²) in [5.41, 5.74) is 0.621. The van der Waals surface area contributed by atoms with E-state index in [0.29, 0.717) is 5.56 Å². The highest BCUT2D eigenvalue weighted by Crippen LogP contribution is 2.47. The third-order valence-corrected chi connectivity index (χ3v) is 4.00. The fourth-order valence-electron chi connectivity index (χ4n) is 3.00. The third-order valence-electron chi connectivity index (χ3n) is 4.00. The van der Waals surface area contributed by atoms with E-state index in [1.807, 2.05) is 0 Å². The number of hydrogen-bond donors (Lipinski definition) is 0. The number of benzene rings is 2. The number of rotatable bonds is 4. The van der Waals surface area contributed by atoms with Gasteiger partial charge in [-0.15, -0.1) is 0 Å². The molecule has 0 bridgehead atoms. The molecule has 1 aliphatic rings. The Bertz CT molecular complexity index is 980. The molecule has 2 atom stereocenters. The molecule has 3 rings (SSSR count). The zero-order valence-corrected chi connectivity index (χ0v) is 16.0. The molecule has 0 amide bonds. The highest BCUT2D eigenvalue weighted by atomic mass is 16.6. The van der Waals surface area contributed by atoms with E-state index in [-0.39, 0.29) is 22.8 Å². The number of carbonyl (C=O) groups is 4. The van der Waals surface area contributed by atoms with Crippen molar-refractivity contribution in [1.82, 2.24) is 0 Å². The van der Waals surface area contributed by atoms with Gasteiger partial charge in [-0.1, -0.05) is 30.3 Å². The Balaban J connectivity index is 2.17. The van der Waals surface area contributed by atoms with Gasteiger partial charge in [-0.3, -0.25) is 19.2 Å². The van der Waals surface area contributed by atoms with Gasteiger partial charge in [0.05, 0.1) is 5.56 Å². The zero-order valence-electron chi connectivity index (χ0n) is 16.0. The van der Waals surface area contributed by atoms with Crippen molar-refractivity contribution in [1.29, 1.82) is 0 Å². The van der Waals surface area contributed by atoms with Crippen LogP contribution in [0.2, 0.25) is 0 Å². The van der Waals surface area contributed by atoms with Gasteiger partial charge in [-0.2, -0.15) is 0 Å². The molecule has 0 aromatic heterocycles. The summed E-state index contributed by atoms with van der Waals surface area (Å²) < 4.78 is 21.4. The van der Waals surface area contributed by atoms with Gasteiger partial charge < -0.3 is 18.9 Å². The first-order valence-corrected chi connectivity index (χ1v) is 8.73. The molecule has 2 aromatic carbocycles. The highest BCUT2D eigenvalue weighted by Gasteiger charge is 2.42. The zero-order chi connectivity index (χ0) is 21.1. The maximum Gasteiger partial charge on any atom is 0.308 e. The molecular weight excluding hydrogens is 380 g/mol. The predicted octanol–water partition coefficient (Wildman–Crippen LogP) is 2.84. The van der Waals surface area contributed by atoms with Crippen molar-refractivity contribution in [3.63, 3.8) is 0 Å². The van der Waals surface area contributed by atoms with Crippen LogP contribution >= 0.6 is 0 Å². The van der Waals surface area contributed by atoms with E-state index in [4.69, 9.17) is 18.9 Å². The Morgan fingerprint density at radius 3 is 2.14 bits per heavy atom. The topological polar surface area (TPSA) is 105 Å². The second kappa shape index (κ2) is 8.14. The number of fused-ring (bicyclic) bond motifs is 1. The Morgan fingerprint density at radius 2 is 1.55 bits per heavy atom. The number of ether oxygens (including phenoxy) is 4. The average molecular weight is 398 g/mol. The molecular formula is C21H18O8. The van der Waals surface area contributed by atoms with Gasteiger partial charge in [0.15, 0.2) is 12.2 Å². The van der Waals surface area contributed by atoms with Crippen LogP contribution in [0.3, 0.4) is 0 Å². The molecule has 2 aromatic rings. The van der Waals surface area contributed by atoms with E-state index >= 15 is 0 Å². The summed E-state index contributed by atoms with van der Waals surface area (Å²) >= 11 is 0. The molecule has 1 aliphatic heterocycles. The normalized spacial score (nSPS) is 17.6. The van der Waals surface area contributed by atoms with Crippen LogP contribution in [0.25, 0.3) is 0 Å². The summed E-state index contributed by atoms with van der Waals surface area (Å²) in [6.07, 6.45) is -2.42. The van der Waals surface area contributed by atoms with Crippen LogP contribution in [-0.2, 0) is 23.9 Å². The minimum Gasteiger partial charge on any atom is -0.477 e. The van der Waals surface area contributed by atoms with Gasteiger partial charge in [0, 0.05) is 38.5 Å². The van der Waals surface area contributed by atoms with Crippen molar-refractivity contribution in [2.45, 2.75) is 33.0 Å². The maximum absolute atomic E-state index is 13.1. The number of hydrogen-bond acceptors (Lipinski definition) is 8. The summed E-state index contributed by atoms with van der Waals surface area (Å²) in [7, 11) is 0. The molecule has 8 nitrogen and oxygen atoms in total. The van der Waals surface area contributed by atoms with E-state index in [1.54, 1.807) is 30.3 Å². The fourth-order valence-corrected chi connectivity index (χ4v) is 3.00. The Morgan fingerprint density at radius 1 is 0.897 bits per heavy atom. The lowest BCUT2D eigenvalue weighted by Crippen LogP contribution is -2.33. The number of Topliss-reactive ketones (excluding diaryl/α,β-unsaturated/α-hetero) is 1. The van der Waals surface area contributed by atoms with Crippen molar-refractivity contribution in [2.24, 2.45) is 0 Å². The van der Waals surface area contributed by atoms with Crippen LogP contribution in [0.1, 0.15) is 44.1 Å². The number of ketones is 1. The molecule has 0 fully saturated rings. The Labute approximate surface area is 166 Å². The molecule has 2 unspecified atom stereocenters. The minimum atomic E-state index is -1.36. The van der Waals surface area contributed by atoms with Gasteiger partial charge in [-0.25, -0.2) is 0 Å². The molecule has 0 saturated heterocycles. The summed E-state index contributed by atoms with van der Waals surface area (Å²) in [6.45, 7) is 3.55. The van der Waals surface area contributed by atoms with Crippen molar-refractivity contribution in [3.05, 3.63) is 53.6 Å². The van der Waals surface area contributed by atoms with Gasteiger partial charge >= 0.3 is 17.9 Å². The Kier molecular flexibility index (Phi) is 5.63. The van der Waals surface area contributed by atoms with E-state index in [2.05, 4.69) is 0 Å². The molecule has 8 heteroatoms. The minimum absolute atomic E-state index is 0.0511. The lowest BCUT2D eigenvalue weighted by Gasteiger charge is -2.31. The van der Waals surface area contributed by atoms with Gasteiger partial charge in [0.25, 0.3) is 0 Å². The van der Waals surface area contributed by atoms with E-state index < -0.39 is 35.9 Å². The Hall–Kier alpha value is -3.68. The first-order chi connectivity index (χ1) is 13.8. The maximum atomic E-state index is 13.1. The smallest absolute Gasteiger partial charge is 0.308 e. The van der Waals surface area contributed by atoms with Crippen LogP contribution in [-0.4, -0.2) is 23.7 Å². The quantitative estimate of drug-likeness (QED) is 0.572. The van der Waals surface area contributed by atoms with E-state index in [0.717, 1.165) is 0 Å². The summed E-state index contributed by atoms with van der Waals surface area (Å²) in [6, 6.07) is 11.3. The largest absolute Gasteiger partial charge is 0.477 e. The molecule has 29 heavy (non-hydrogen) atoms. The molecule has 0 radical (unpaired) electrons. The van der Waals surface area contributed by atoms with Gasteiger partial charge in [0.1, 0.15) is 17.2 Å². The van der Waals surface area contributed by atoms with Crippen molar-refractivity contribution in [3.8, 4) is 17.2 Å². The van der Waals surface area contributed by atoms with Crippen LogP contribution in [0.15, 0.2) is 42.5 Å². The van der Waals surface area contributed by atoms with Crippen LogP contribution in [0.4, 0.5) is 0 Å². The highest BCUT2D eigenvalue weighted by molar-refractivity contribution is 5.94. The second-order valence-electron chi connectivity index (χ2n) is 6.32. The van der Waals surface area contributed by atoms with Crippen molar-refractivity contribution in [2.75, 3.05) is 0 Å². The predicted molar refractivity (Wildman–Crippen MR) is 98.4 cm³/mol. The van der Waals surface area contributed by atoms with Crippen LogP contribution < -0.4 is 14.2 Å². The lowest BCUT2D eigenvalue weighted by atomic mass is 9.92. The van der Waals surface area contributed by atoms with Crippen molar-refractivity contribution >= 4 is 23.7 Å². The number of esters is 3. The first kappa shape index (κ1) is 20.1. The molecule has 0 spiro atoms. The summed E-state index contributed by atoms with van der Waals surface area (Å²) in [5.74, 6) is -2.45. The van der Waals surface area contributed by atoms with E-state index in [9.17, 15) is 19.2 Å². The second-order valence-corrected chi connectivity index (χ2v) is 6.32. The summed E-state index contributed by atoms with van der Waals surface area (Å²) in [4.78, 5) is 47.7. The third kappa shape index (κ3) is 4.43. The monoisotopic (exact) mass is 398 g/mol. The SMILES string of the molecule is CC(=O)Oc1cc(OC(C)=O)c2c(c1)OC(c1ccccc1)C(=O)C2OC(C)=O.